The number of hydrogen-bond donors (Lipinski definition) is 3. The smallest absolute Gasteiger partial charge is 0.327 e. The van der Waals surface area contributed by atoms with E-state index in [1.54, 1.807) is 49.0 Å². The molecular formula is C22H21FN8O2. The molecule has 4 N–H and O–H groups in total. The zero-order valence-electron chi connectivity index (χ0n) is 17.9. The quantitative estimate of drug-likeness (QED) is 0.374. The number of nitrogens with zero attached hydrogens (tertiary/aromatic N) is 6. The van der Waals surface area contributed by atoms with Crippen molar-refractivity contribution in [2.45, 2.75) is 32.5 Å². The highest BCUT2D eigenvalue weighted by Crippen LogP contribution is 2.28. The van der Waals surface area contributed by atoms with Crippen LogP contribution in [0.4, 0.5) is 10.2 Å². The lowest BCUT2D eigenvalue weighted by atomic mass is 10.1. The standard InChI is InChI=1S/C22H21FN8O2/c1-22(2,33)11-30-16-17(24)26-18(27-19(16)28-21(30)32)15-13-7-5-9-25-20(13)31(29-15)10-12-6-3-4-8-14(12)23/h3-9,33H,10-11H2,1-2H3,(H3,24,26,27,28,32). The Kier molecular flexibility index (Phi) is 4.71. The van der Waals surface area contributed by atoms with Gasteiger partial charge in [0.25, 0.3) is 0 Å². The number of imidazole rings is 1. The van der Waals surface area contributed by atoms with Crippen LogP contribution in [0, 0.1) is 5.82 Å². The Bertz CT molecular complexity index is 1560. The highest BCUT2D eigenvalue weighted by atomic mass is 19.1. The van der Waals surface area contributed by atoms with Crippen LogP contribution >= 0.6 is 0 Å². The molecule has 4 heterocycles. The van der Waals surface area contributed by atoms with Gasteiger partial charge in [-0.1, -0.05) is 18.2 Å². The molecule has 5 aromatic rings. The van der Waals surface area contributed by atoms with Crippen LogP contribution in [0.15, 0.2) is 47.4 Å². The Labute approximate surface area is 186 Å². The summed E-state index contributed by atoms with van der Waals surface area (Å²) in [5, 5.41) is 15.4. The normalized spacial score (nSPS) is 12.1. The summed E-state index contributed by atoms with van der Waals surface area (Å²) in [4.78, 5) is 28.4. The van der Waals surface area contributed by atoms with Crippen molar-refractivity contribution in [3.8, 4) is 11.5 Å². The van der Waals surface area contributed by atoms with Gasteiger partial charge in [0.05, 0.1) is 24.1 Å². The molecular weight excluding hydrogens is 427 g/mol. The lowest BCUT2D eigenvalue weighted by molar-refractivity contribution is 0.0618. The van der Waals surface area contributed by atoms with Crippen LogP contribution in [-0.2, 0) is 13.1 Å². The maximum Gasteiger partial charge on any atom is 0.327 e. The number of benzene rings is 1. The van der Waals surface area contributed by atoms with E-state index in [1.165, 1.54) is 10.6 Å². The molecule has 0 saturated carbocycles. The molecule has 0 bridgehead atoms. The first kappa shape index (κ1) is 20.8. The van der Waals surface area contributed by atoms with Gasteiger partial charge in [-0.3, -0.25) is 9.55 Å². The Morgan fingerprint density at radius 2 is 1.97 bits per heavy atom. The van der Waals surface area contributed by atoms with Crippen molar-refractivity contribution in [3.05, 3.63) is 64.5 Å². The number of anilines is 1. The average Bonchev–Trinajstić information content (AvgIpc) is 3.26. The van der Waals surface area contributed by atoms with Gasteiger partial charge in [-0.15, -0.1) is 0 Å². The van der Waals surface area contributed by atoms with Crippen LogP contribution in [0.1, 0.15) is 19.4 Å². The molecule has 0 fully saturated rings. The zero-order valence-corrected chi connectivity index (χ0v) is 17.9. The molecule has 0 spiro atoms. The number of rotatable bonds is 5. The largest absolute Gasteiger partial charge is 0.389 e. The molecule has 0 aliphatic rings. The van der Waals surface area contributed by atoms with Crippen molar-refractivity contribution in [2.24, 2.45) is 0 Å². The predicted molar refractivity (Wildman–Crippen MR) is 121 cm³/mol. The molecule has 11 heteroatoms. The summed E-state index contributed by atoms with van der Waals surface area (Å²) in [6.07, 6.45) is 1.62. The first-order valence-corrected chi connectivity index (χ1v) is 10.2. The van der Waals surface area contributed by atoms with Crippen LogP contribution in [0.3, 0.4) is 0 Å². The van der Waals surface area contributed by atoms with Gasteiger partial charge < -0.3 is 10.8 Å². The number of H-pyrrole nitrogens is 1. The molecule has 10 nitrogen and oxygen atoms in total. The first-order chi connectivity index (χ1) is 15.7. The molecule has 168 valence electrons. The third-order valence-corrected chi connectivity index (χ3v) is 5.19. The summed E-state index contributed by atoms with van der Waals surface area (Å²) >= 11 is 0. The summed E-state index contributed by atoms with van der Waals surface area (Å²) < 4.78 is 17.1. The summed E-state index contributed by atoms with van der Waals surface area (Å²) in [5.74, 6) is -0.0773. The second kappa shape index (κ2) is 7.48. The van der Waals surface area contributed by atoms with Crippen LogP contribution in [-0.4, -0.2) is 45.0 Å². The second-order valence-electron chi connectivity index (χ2n) is 8.43. The number of aromatic amines is 1. The first-order valence-electron chi connectivity index (χ1n) is 10.2. The minimum absolute atomic E-state index is 0.0167. The predicted octanol–water partition coefficient (Wildman–Crippen LogP) is 2.07. The summed E-state index contributed by atoms with van der Waals surface area (Å²) in [7, 11) is 0. The molecule has 0 aliphatic heterocycles. The maximum absolute atomic E-state index is 14.2. The summed E-state index contributed by atoms with van der Waals surface area (Å²) in [6, 6.07) is 10.0. The van der Waals surface area contributed by atoms with Crippen molar-refractivity contribution in [1.29, 1.82) is 0 Å². The lowest BCUT2D eigenvalue weighted by Gasteiger charge is -2.17. The number of nitrogens with one attached hydrogen (secondary N) is 1. The summed E-state index contributed by atoms with van der Waals surface area (Å²) in [6.45, 7) is 3.36. The topological polar surface area (TPSA) is 141 Å². The Hall–Kier alpha value is -4.12. The fourth-order valence-electron chi connectivity index (χ4n) is 3.81. The SMILES string of the molecule is CC(C)(O)Cn1c(=O)[nH]c2nc(-c3nn(Cc4ccccc4F)c4ncccc34)nc(N)c21. The van der Waals surface area contributed by atoms with E-state index in [0.717, 1.165) is 0 Å². The van der Waals surface area contributed by atoms with Gasteiger partial charge in [0.2, 0.25) is 0 Å². The fraction of sp³-hybridized carbons (Fsp3) is 0.227. The van der Waals surface area contributed by atoms with E-state index in [2.05, 4.69) is 25.0 Å². The van der Waals surface area contributed by atoms with E-state index in [1.807, 2.05) is 6.07 Å². The summed E-state index contributed by atoms with van der Waals surface area (Å²) in [5.41, 5.74) is 6.54. The van der Waals surface area contributed by atoms with Gasteiger partial charge in [0.15, 0.2) is 22.9 Å². The van der Waals surface area contributed by atoms with Gasteiger partial charge in [-0.2, -0.15) is 5.10 Å². The molecule has 1 aromatic carbocycles. The van der Waals surface area contributed by atoms with Gasteiger partial charge in [-0.05, 0) is 32.0 Å². The third-order valence-electron chi connectivity index (χ3n) is 5.19. The maximum atomic E-state index is 14.2. The molecule has 0 amide bonds. The minimum Gasteiger partial charge on any atom is -0.389 e. The lowest BCUT2D eigenvalue weighted by Crippen LogP contribution is -2.31. The van der Waals surface area contributed by atoms with Crippen LogP contribution < -0.4 is 11.4 Å². The average molecular weight is 448 g/mol. The molecule has 33 heavy (non-hydrogen) atoms. The van der Waals surface area contributed by atoms with E-state index >= 15 is 0 Å². The number of aromatic nitrogens is 7. The van der Waals surface area contributed by atoms with Crippen LogP contribution in [0.5, 0.6) is 0 Å². The van der Waals surface area contributed by atoms with Crippen molar-refractivity contribution in [1.82, 2.24) is 34.3 Å². The van der Waals surface area contributed by atoms with Gasteiger partial charge >= 0.3 is 5.69 Å². The van der Waals surface area contributed by atoms with E-state index in [-0.39, 0.29) is 36.2 Å². The number of nitrogen functional groups attached to an aromatic ring is 1. The minimum atomic E-state index is -1.14. The van der Waals surface area contributed by atoms with Crippen molar-refractivity contribution in [2.75, 3.05) is 5.73 Å². The number of hydrogen-bond acceptors (Lipinski definition) is 7. The van der Waals surface area contributed by atoms with E-state index in [9.17, 15) is 14.3 Å². The van der Waals surface area contributed by atoms with Gasteiger partial charge in [0, 0.05) is 11.8 Å². The van der Waals surface area contributed by atoms with Gasteiger partial charge in [0.1, 0.15) is 17.0 Å². The number of nitrogens with two attached hydrogens (primary N) is 1. The molecule has 4 aromatic heterocycles. The Balaban J connectivity index is 1.66. The highest BCUT2D eigenvalue weighted by Gasteiger charge is 2.23. The molecule has 0 atom stereocenters. The molecule has 0 radical (unpaired) electrons. The van der Waals surface area contributed by atoms with E-state index < -0.39 is 11.3 Å². The Morgan fingerprint density at radius 1 is 1.18 bits per heavy atom. The van der Waals surface area contributed by atoms with Crippen molar-refractivity contribution < 1.29 is 9.50 Å². The van der Waals surface area contributed by atoms with E-state index in [4.69, 9.17) is 5.73 Å². The number of pyridine rings is 1. The highest BCUT2D eigenvalue weighted by molar-refractivity contribution is 5.91. The Morgan fingerprint density at radius 3 is 2.73 bits per heavy atom. The zero-order chi connectivity index (χ0) is 23.3. The van der Waals surface area contributed by atoms with Crippen molar-refractivity contribution >= 4 is 28.0 Å². The van der Waals surface area contributed by atoms with Crippen LogP contribution in [0.25, 0.3) is 33.7 Å². The fourth-order valence-corrected chi connectivity index (χ4v) is 3.81. The molecule has 0 unspecified atom stereocenters. The number of halogens is 1. The molecule has 0 saturated heterocycles. The number of aliphatic hydroxyl groups is 1. The second-order valence-corrected chi connectivity index (χ2v) is 8.43. The van der Waals surface area contributed by atoms with Crippen LogP contribution in [0.2, 0.25) is 0 Å². The molecule has 0 aliphatic carbocycles. The monoisotopic (exact) mass is 448 g/mol. The van der Waals surface area contributed by atoms with Crippen molar-refractivity contribution in [3.63, 3.8) is 0 Å². The number of fused-ring (bicyclic) bond motifs is 2. The van der Waals surface area contributed by atoms with Gasteiger partial charge in [-0.25, -0.2) is 28.8 Å². The third kappa shape index (κ3) is 3.72. The molecule has 5 rings (SSSR count). The van der Waals surface area contributed by atoms with E-state index in [0.29, 0.717) is 27.8 Å².